The van der Waals surface area contributed by atoms with Crippen molar-refractivity contribution in [3.8, 4) is 0 Å². The first-order valence-corrected chi connectivity index (χ1v) is 11.8. The van der Waals surface area contributed by atoms with Crippen molar-refractivity contribution in [1.29, 1.82) is 0 Å². The minimum absolute atomic E-state index is 0.163. The SMILES string of the molecule is CC(Nc1ncnc2scnc12)c1cc2cccc(Cl)c2c(C(O)NC2CCOCC2)n1. The highest BCUT2D eigenvalue weighted by Gasteiger charge is 2.23. The van der Waals surface area contributed by atoms with Crippen molar-refractivity contribution in [2.75, 3.05) is 18.5 Å². The van der Waals surface area contributed by atoms with Gasteiger partial charge in [0, 0.05) is 24.6 Å². The molecule has 4 heterocycles. The van der Waals surface area contributed by atoms with Crippen LogP contribution in [0.1, 0.15) is 43.4 Å². The topological polar surface area (TPSA) is 105 Å². The third kappa shape index (κ3) is 4.26. The second-order valence-electron chi connectivity index (χ2n) is 7.82. The number of nitrogens with one attached hydrogen (secondary N) is 2. The van der Waals surface area contributed by atoms with Crippen LogP contribution >= 0.6 is 22.9 Å². The van der Waals surface area contributed by atoms with Crippen molar-refractivity contribution >= 4 is 49.9 Å². The Labute approximate surface area is 194 Å². The lowest BCUT2D eigenvalue weighted by molar-refractivity contribution is 0.0483. The Morgan fingerprint density at radius 1 is 1.22 bits per heavy atom. The highest BCUT2D eigenvalue weighted by Crippen LogP contribution is 2.32. The molecule has 166 valence electrons. The predicted molar refractivity (Wildman–Crippen MR) is 126 cm³/mol. The monoisotopic (exact) mass is 470 g/mol. The normalized spacial score (nSPS) is 17.0. The molecule has 3 aromatic heterocycles. The number of benzene rings is 1. The molecule has 0 bridgehead atoms. The molecule has 0 radical (unpaired) electrons. The zero-order valence-electron chi connectivity index (χ0n) is 17.5. The minimum Gasteiger partial charge on any atom is -0.381 e. The van der Waals surface area contributed by atoms with Crippen molar-refractivity contribution in [1.82, 2.24) is 25.3 Å². The van der Waals surface area contributed by atoms with Gasteiger partial charge in [0.05, 0.1) is 28.0 Å². The van der Waals surface area contributed by atoms with Gasteiger partial charge in [-0.1, -0.05) is 23.7 Å². The Kier molecular flexibility index (Phi) is 6.16. The first-order valence-electron chi connectivity index (χ1n) is 10.5. The van der Waals surface area contributed by atoms with Crippen LogP contribution < -0.4 is 10.6 Å². The second-order valence-corrected chi connectivity index (χ2v) is 9.06. The van der Waals surface area contributed by atoms with Crippen LogP contribution in [0, 0.1) is 0 Å². The minimum atomic E-state index is -0.947. The van der Waals surface area contributed by atoms with Crippen molar-refractivity contribution in [2.24, 2.45) is 0 Å². The standard InChI is InChI=1S/C22H23ClN6O2S/c1-12(27-20-19-22(25-10-24-20)32-11-26-19)16-9-13-3-2-4-15(23)17(13)18(29-16)21(30)28-14-5-7-31-8-6-14/h2-4,9-12,14,21,28,30H,5-8H2,1H3,(H,24,25,27). The Hall–Kier alpha value is -2.43. The number of halogens is 1. The summed E-state index contributed by atoms with van der Waals surface area (Å²) in [6, 6.07) is 7.66. The molecule has 0 saturated carbocycles. The lowest BCUT2D eigenvalue weighted by Gasteiger charge is -2.27. The maximum Gasteiger partial charge on any atom is 0.157 e. The van der Waals surface area contributed by atoms with Gasteiger partial charge in [-0.2, -0.15) is 0 Å². The van der Waals surface area contributed by atoms with Crippen LogP contribution in [0.3, 0.4) is 0 Å². The van der Waals surface area contributed by atoms with Gasteiger partial charge in [-0.3, -0.25) is 10.3 Å². The molecule has 1 fully saturated rings. The van der Waals surface area contributed by atoms with Crippen LogP contribution in [-0.4, -0.2) is 44.3 Å². The van der Waals surface area contributed by atoms with E-state index in [1.165, 1.54) is 17.7 Å². The number of aliphatic hydroxyl groups is 1. The van der Waals surface area contributed by atoms with Crippen molar-refractivity contribution < 1.29 is 9.84 Å². The van der Waals surface area contributed by atoms with Crippen LogP contribution in [0.25, 0.3) is 21.1 Å². The summed E-state index contributed by atoms with van der Waals surface area (Å²) in [4.78, 5) is 18.6. The van der Waals surface area contributed by atoms with E-state index in [4.69, 9.17) is 21.3 Å². The third-order valence-electron chi connectivity index (χ3n) is 5.66. The van der Waals surface area contributed by atoms with Crippen LogP contribution in [0.4, 0.5) is 5.82 Å². The lowest BCUT2D eigenvalue weighted by Crippen LogP contribution is -2.37. The molecule has 1 saturated heterocycles. The highest BCUT2D eigenvalue weighted by molar-refractivity contribution is 7.16. The molecule has 10 heteroatoms. The van der Waals surface area contributed by atoms with E-state index in [-0.39, 0.29) is 12.1 Å². The fourth-order valence-corrected chi connectivity index (χ4v) is 4.89. The first kappa shape index (κ1) is 21.4. The van der Waals surface area contributed by atoms with Gasteiger partial charge in [-0.25, -0.2) is 15.0 Å². The van der Waals surface area contributed by atoms with Gasteiger partial charge < -0.3 is 15.2 Å². The number of aromatic nitrogens is 4. The summed E-state index contributed by atoms with van der Waals surface area (Å²) in [6.07, 6.45) is 2.27. The van der Waals surface area contributed by atoms with Crippen LogP contribution in [-0.2, 0) is 4.74 Å². The summed E-state index contributed by atoms with van der Waals surface area (Å²) in [5.74, 6) is 0.652. The van der Waals surface area contributed by atoms with Crippen molar-refractivity contribution in [2.45, 2.75) is 38.1 Å². The average Bonchev–Trinajstić information content (AvgIpc) is 3.29. The molecule has 1 aliphatic rings. The quantitative estimate of drug-likeness (QED) is 0.360. The van der Waals surface area contributed by atoms with Gasteiger partial charge in [0.15, 0.2) is 5.82 Å². The van der Waals surface area contributed by atoms with Crippen LogP contribution in [0.15, 0.2) is 36.1 Å². The maximum absolute atomic E-state index is 11.1. The third-order valence-corrected chi connectivity index (χ3v) is 6.71. The number of rotatable bonds is 6. The molecule has 1 aliphatic heterocycles. The molecule has 2 unspecified atom stereocenters. The van der Waals surface area contributed by atoms with E-state index < -0.39 is 6.23 Å². The van der Waals surface area contributed by atoms with E-state index in [1.807, 2.05) is 31.2 Å². The molecule has 8 nitrogen and oxygen atoms in total. The summed E-state index contributed by atoms with van der Waals surface area (Å²) in [5.41, 5.74) is 3.77. The molecule has 32 heavy (non-hydrogen) atoms. The molecule has 2 atom stereocenters. The fourth-order valence-electron chi connectivity index (χ4n) is 3.98. The van der Waals surface area contributed by atoms with E-state index in [9.17, 15) is 5.11 Å². The summed E-state index contributed by atoms with van der Waals surface area (Å²) in [5, 5.41) is 20.0. The molecule has 0 amide bonds. The zero-order valence-corrected chi connectivity index (χ0v) is 19.0. The molecular formula is C22H23ClN6O2S. The van der Waals surface area contributed by atoms with Gasteiger partial charge in [0.2, 0.25) is 0 Å². The highest BCUT2D eigenvalue weighted by atomic mass is 35.5. The van der Waals surface area contributed by atoms with Crippen molar-refractivity contribution in [3.63, 3.8) is 0 Å². The number of nitrogens with zero attached hydrogens (tertiary/aromatic N) is 4. The summed E-state index contributed by atoms with van der Waals surface area (Å²) in [6.45, 7) is 3.37. The van der Waals surface area contributed by atoms with Crippen LogP contribution in [0.2, 0.25) is 5.02 Å². The number of aliphatic hydroxyl groups excluding tert-OH is 1. The summed E-state index contributed by atoms with van der Waals surface area (Å²) < 4.78 is 5.43. The summed E-state index contributed by atoms with van der Waals surface area (Å²) in [7, 11) is 0. The van der Waals surface area contributed by atoms with E-state index in [2.05, 4.69) is 25.6 Å². The van der Waals surface area contributed by atoms with Gasteiger partial charge in [-0.15, -0.1) is 11.3 Å². The Morgan fingerprint density at radius 2 is 2.06 bits per heavy atom. The van der Waals surface area contributed by atoms with Crippen LogP contribution in [0.5, 0.6) is 0 Å². The molecule has 1 aromatic carbocycles. The van der Waals surface area contributed by atoms with Gasteiger partial charge in [-0.05, 0) is 37.3 Å². The largest absolute Gasteiger partial charge is 0.381 e. The fraction of sp³-hybridized carbons (Fsp3) is 0.364. The van der Waals surface area contributed by atoms with E-state index in [0.717, 1.165) is 39.7 Å². The number of hydrogen-bond donors (Lipinski definition) is 3. The van der Waals surface area contributed by atoms with Crippen molar-refractivity contribution in [3.05, 3.63) is 52.5 Å². The average molecular weight is 471 g/mol. The Bertz CT molecular complexity index is 1250. The summed E-state index contributed by atoms with van der Waals surface area (Å²) >= 11 is 7.99. The Balaban J connectivity index is 1.49. The maximum atomic E-state index is 11.1. The Morgan fingerprint density at radius 3 is 2.91 bits per heavy atom. The second kappa shape index (κ2) is 9.21. The zero-order chi connectivity index (χ0) is 22.1. The first-order chi connectivity index (χ1) is 15.6. The van der Waals surface area contributed by atoms with E-state index in [1.54, 1.807) is 5.51 Å². The molecule has 3 N–H and O–H groups in total. The van der Waals surface area contributed by atoms with Gasteiger partial charge in [0.25, 0.3) is 0 Å². The number of thiazole rings is 1. The molecule has 0 spiro atoms. The number of hydrogen-bond acceptors (Lipinski definition) is 9. The van der Waals surface area contributed by atoms with E-state index >= 15 is 0 Å². The molecule has 5 rings (SSSR count). The number of pyridine rings is 1. The van der Waals surface area contributed by atoms with Gasteiger partial charge >= 0.3 is 0 Å². The number of fused-ring (bicyclic) bond motifs is 2. The molecule has 0 aliphatic carbocycles. The smallest absolute Gasteiger partial charge is 0.157 e. The van der Waals surface area contributed by atoms with E-state index in [0.29, 0.717) is 29.7 Å². The van der Waals surface area contributed by atoms with Gasteiger partial charge in [0.1, 0.15) is 22.9 Å². The predicted octanol–water partition coefficient (Wildman–Crippen LogP) is 4.22. The number of anilines is 1. The molecular weight excluding hydrogens is 448 g/mol. The number of ether oxygens (including phenoxy) is 1. The lowest BCUT2D eigenvalue weighted by atomic mass is 10.0. The molecule has 4 aromatic rings.